The number of halogens is 1. The van der Waals surface area contributed by atoms with E-state index in [2.05, 4.69) is 47.9 Å². The van der Waals surface area contributed by atoms with E-state index in [0.29, 0.717) is 12.1 Å². The van der Waals surface area contributed by atoms with Gasteiger partial charge in [-0.2, -0.15) is 0 Å². The van der Waals surface area contributed by atoms with Gasteiger partial charge in [0.25, 0.3) is 5.91 Å². The summed E-state index contributed by atoms with van der Waals surface area (Å²) >= 11 is 0. The van der Waals surface area contributed by atoms with Crippen LogP contribution in [0.25, 0.3) is 0 Å². The van der Waals surface area contributed by atoms with E-state index in [1.54, 1.807) is 19.0 Å². The fourth-order valence-electron chi connectivity index (χ4n) is 3.90. The van der Waals surface area contributed by atoms with Crippen LogP contribution in [-0.2, 0) is 16.7 Å². The molecular weight excluding hydrogens is 515 g/mol. The third-order valence-corrected chi connectivity index (χ3v) is 5.80. The Balaban J connectivity index is 0.00000363. The van der Waals surface area contributed by atoms with Gasteiger partial charge in [-0.15, -0.1) is 24.0 Å². The number of carbonyl (C=O) groups is 1. The molecule has 2 aromatic carbocycles. The maximum absolute atomic E-state index is 12.1. The van der Waals surface area contributed by atoms with Gasteiger partial charge in [0.15, 0.2) is 5.96 Å². The van der Waals surface area contributed by atoms with Gasteiger partial charge >= 0.3 is 0 Å². The summed E-state index contributed by atoms with van der Waals surface area (Å²) < 4.78 is 5.65. The average molecular weight is 550 g/mol. The highest BCUT2D eigenvalue weighted by molar-refractivity contribution is 14.0. The summed E-state index contributed by atoms with van der Waals surface area (Å²) in [6, 6.07) is 18.4. The van der Waals surface area contributed by atoms with Crippen LogP contribution >= 0.6 is 24.0 Å². The number of nitrogens with one attached hydrogen (secondary N) is 2. The quantitative estimate of drug-likeness (QED) is 0.313. The van der Waals surface area contributed by atoms with Crippen LogP contribution < -0.4 is 10.6 Å². The number of hydrogen-bond donors (Lipinski definition) is 2. The van der Waals surface area contributed by atoms with E-state index >= 15 is 0 Å². The Kier molecular flexibility index (Phi) is 10.4. The average Bonchev–Trinajstić information content (AvgIpc) is 2.82. The molecule has 1 amide bonds. The van der Waals surface area contributed by atoms with Gasteiger partial charge in [-0.3, -0.25) is 4.79 Å². The highest BCUT2D eigenvalue weighted by Gasteiger charge is 2.34. The highest BCUT2D eigenvalue weighted by Crippen LogP contribution is 2.34. The number of hydrogen-bond acceptors (Lipinski definition) is 3. The molecule has 1 fully saturated rings. The second-order valence-electron chi connectivity index (χ2n) is 8.20. The summed E-state index contributed by atoms with van der Waals surface area (Å²) in [7, 11) is 3.52. The van der Waals surface area contributed by atoms with Crippen LogP contribution in [0.2, 0.25) is 0 Å². The van der Waals surface area contributed by atoms with Gasteiger partial charge in [-0.1, -0.05) is 42.5 Å². The minimum Gasteiger partial charge on any atom is -0.381 e. The Morgan fingerprint density at radius 2 is 1.69 bits per heavy atom. The Labute approximate surface area is 208 Å². The molecule has 0 bridgehead atoms. The molecule has 1 aliphatic heterocycles. The first-order chi connectivity index (χ1) is 15.0. The van der Waals surface area contributed by atoms with E-state index in [4.69, 9.17) is 9.73 Å². The number of ether oxygens (including phenoxy) is 1. The van der Waals surface area contributed by atoms with Crippen LogP contribution in [0.4, 0.5) is 0 Å². The number of amides is 1. The van der Waals surface area contributed by atoms with Gasteiger partial charge in [-0.05, 0) is 43.0 Å². The number of nitrogens with zero attached hydrogens (tertiary/aromatic N) is 2. The molecule has 1 aliphatic rings. The van der Waals surface area contributed by atoms with Crippen molar-refractivity contribution in [3.05, 3.63) is 71.3 Å². The van der Waals surface area contributed by atoms with Crippen LogP contribution in [0.3, 0.4) is 0 Å². The minimum atomic E-state index is 0. The molecule has 2 aromatic rings. The lowest BCUT2D eigenvalue weighted by Gasteiger charge is -2.38. The number of benzene rings is 2. The molecule has 0 aromatic heterocycles. The van der Waals surface area contributed by atoms with Gasteiger partial charge in [-0.25, -0.2) is 4.99 Å². The molecule has 0 atom stereocenters. The topological polar surface area (TPSA) is 66.0 Å². The minimum absolute atomic E-state index is 0. The number of guanidine groups is 1. The van der Waals surface area contributed by atoms with Crippen molar-refractivity contribution >= 4 is 35.8 Å². The predicted molar refractivity (Wildman–Crippen MR) is 141 cm³/mol. The number of rotatable bonds is 7. The molecule has 3 rings (SSSR count). The van der Waals surface area contributed by atoms with Crippen molar-refractivity contribution in [1.82, 2.24) is 15.5 Å². The van der Waals surface area contributed by atoms with Crippen molar-refractivity contribution in [3.63, 3.8) is 0 Å². The maximum atomic E-state index is 12.1. The summed E-state index contributed by atoms with van der Waals surface area (Å²) in [6.07, 6.45) is 1.98. The molecule has 174 valence electrons. The van der Waals surface area contributed by atoms with Gasteiger partial charge < -0.3 is 20.3 Å². The van der Waals surface area contributed by atoms with E-state index in [-0.39, 0.29) is 35.3 Å². The zero-order valence-electron chi connectivity index (χ0n) is 19.3. The molecule has 1 saturated heterocycles. The van der Waals surface area contributed by atoms with Gasteiger partial charge in [0.05, 0.1) is 6.54 Å². The van der Waals surface area contributed by atoms with Gasteiger partial charge in [0.2, 0.25) is 0 Å². The van der Waals surface area contributed by atoms with Crippen molar-refractivity contribution < 1.29 is 9.53 Å². The normalized spacial score (nSPS) is 15.4. The molecule has 0 radical (unpaired) electrons. The fourth-order valence-corrected chi connectivity index (χ4v) is 3.90. The molecule has 6 nitrogen and oxygen atoms in total. The summed E-state index contributed by atoms with van der Waals surface area (Å²) in [6.45, 7) is 5.78. The van der Waals surface area contributed by atoms with Crippen molar-refractivity contribution in [2.45, 2.75) is 31.7 Å². The molecule has 0 aliphatic carbocycles. The molecule has 1 heterocycles. The predicted octanol–water partition coefficient (Wildman–Crippen LogP) is 3.81. The van der Waals surface area contributed by atoms with Crippen molar-refractivity contribution in [3.8, 4) is 0 Å². The zero-order valence-corrected chi connectivity index (χ0v) is 21.6. The number of aliphatic imine (C=N–C) groups is 1. The van der Waals surface area contributed by atoms with Crippen molar-refractivity contribution in [1.29, 1.82) is 0 Å². The smallest absolute Gasteiger partial charge is 0.253 e. The Bertz CT molecular complexity index is 863. The third-order valence-electron chi connectivity index (χ3n) is 5.80. The van der Waals surface area contributed by atoms with E-state index in [1.165, 1.54) is 5.56 Å². The SMILES string of the molecule is CCNC(=NCc1ccc(C(=O)N(C)C)cc1)NCC1(c2ccccc2)CCOCC1.I. The standard InChI is InChI=1S/C25H34N4O2.HI/c1-4-26-24(27-18-20-10-12-21(13-11-20)23(30)29(2)3)28-19-25(14-16-31-17-15-25)22-8-6-5-7-9-22;/h5-13H,4,14-19H2,1-3H3,(H2,26,27,28);1H. The number of carbonyl (C=O) groups excluding carboxylic acids is 1. The first-order valence-corrected chi connectivity index (χ1v) is 11.0. The van der Waals surface area contributed by atoms with Gasteiger partial charge in [0, 0.05) is 51.4 Å². The largest absolute Gasteiger partial charge is 0.381 e. The van der Waals surface area contributed by atoms with Crippen molar-refractivity contribution in [2.24, 2.45) is 4.99 Å². The first-order valence-electron chi connectivity index (χ1n) is 11.0. The maximum Gasteiger partial charge on any atom is 0.253 e. The zero-order chi connectivity index (χ0) is 22.1. The van der Waals surface area contributed by atoms with E-state index in [9.17, 15) is 4.79 Å². The molecular formula is C25H35IN4O2. The molecule has 0 saturated carbocycles. The molecule has 32 heavy (non-hydrogen) atoms. The van der Waals surface area contributed by atoms with Crippen LogP contribution in [0, 0.1) is 0 Å². The molecule has 0 unspecified atom stereocenters. The Morgan fingerprint density at radius 3 is 2.28 bits per heavy atom. The molecule has 7 heteroatoms. The van der Waals surface area contributed by atoms with Crippen LogP contribution in [-0.4, -0.2) is 57.2 Å². The van der Waals surface area contributed by atoms with Gasteiger partial charge in [0.1, 0.15) is 0 Å². The lowest BCUT2D eigenvalue weighted by atomic mass is 9.74. The Hall–Kier alpha value is -2.13. The highest BCUT2D eigenvalue weighted by atomic mass is 127. The van der Waals surface area contributed by atoms with Crippen molar-refractivity contribution in [2.75, 3.05) is 40.4 Å². The molecule has 2 N–H and O–H groups in total. The van der Waals surface area contributed by atoms with E-state index in [0.717, 1.165) is 50.7 Å². The van der Waals surface area contributed by atoms with Crippen LogP contribution in [0.5, 0.6) is 0 Å². The van der Waals surface area contributed by atoms with Crippen LogP contribution in [0.15, 0.2) is 59.6 Å². The third kappa shape index (κ3) is 6.93. The summed E-state index contributed by atoms with van der Waals surface area (Å²) in [5.74, 6) is 0.811. The summed E-state index contributed by atoms with van der Waals surface area (Å²) in [4.78, 5) is 18.4. The van der Waals surface area contributed by atoms with E-state index < -0.39 is 0 Å². The second-order valence-corrected chi connectivity index (χ2v) is 8.20. The lowest BCUT2D eigenvalue weighted by Crippen LogP contribution is -2.48. The monoisotopic (exact) mass is 550 g/mol. The van der Waals surface area contributed by atoms with Crippen LogP contribution in [0.1, 0.15) is 41.3 Å². The first kappa shape index (κ1) is 26.1. The van der Waals surface area contributed by atoms with E-state index in [1.807, 2.05) is 24.3 Å². The summed E-state index contributed by atoms with van der Waals surface area (Å²) in [5.41, 5.74) is 3.15. The lowest BCUT2D eigenvalue weighted by molar-refractivity contribution is 0.0514. The fraction of sp³-hybridized carbons (Fsp3) is 0.440. The molecule has 0 spiro atoms. The summed E-state index contributed by atoms with van der Waals surface area (Å²) in [5, 5.41) is 6.92. The Morgan fingerprint density at radius 1 is 1.03 bits per heavy atom. The second kappa shape index (κ2) is 12.8.